The number of hydrogen-bond donors (Lipinski definition) is 0. The molecule has 6 heteroatoms. The molecule has 0 spiro atoms. The average Bonchev–Trinajstić information content (AvgIpc) is 3.30. The summed E-state index contributed by atoms with van der Waals surface area (Å²) in [6.07, 6.45) is 1.87. The van der Waals surface area contributed by atoms with Crippen LogP contribution in [0.15, 0.2) is 47.7 Å². The smallest absolute Gasteiger partial charge is 0.236 e. The summed E-state index contributed by atoms with van der Waals surface area (Å²) in [6, 6.07) is 8.46. The zero-order valence-electron chi connectivity index (χ0n) is 14.5. The highest BCUT2D eigenvalue weighted by Crippen LogP contribution is 2.15. The van der Waals surface area contributed by atoms with Gasteiger partial charge in [-0.25, -0.2) is 0 Å². The average molecular weight is 376 g/mol. The third-order valence-corrected chi connectivity index (χ3v) is 6.11. The van der Waals surface area contributed by atoms with Gasteiger partial charge in [0.15, 0.2) is 0 Å². The van der Waals surface area contributed by atoms with E-state index in [0.29, 0.717) is 6.54 Å². The number of rotatable bonds is 8. The van der Waals surface area contributed by atoms with Crippen molar-refractivity contribution >= 4 is 28.6 Å². The quantitative estimate of drug-likeness (QED) is 0.663. The highest BCUT2D eigenvalue weighted by molar-refractivity contribution is 7.10. The van der Waals surface area contributed by atoms with Crippen molar-refractivity contribution in [2.45, 2.75) is 13.1 Å². The largest absolute Gasteiger partial charge is 0.339 e. The molecule has 4 nitrogen and oxygen atoms in total. The van der Waals surface area contributed by atoms with E-state index in [9.17, 15) is 4.79 Å². The Bertz CT molecular complexity index is 646. The molecule has 2 aromatic rings. The van der Waals surface area contributed by atoms with E-state index in [4.69, 9.17) is 0 Å². The molecule has 0 aliphatic carbocycles. The lowest BCUT2D eigenvalue weighted by Crippen LogP contribution is -2.50. The van der Waals surface area contributed by atoms with Gasteiger partial charge in [0.1, 0.15) is 0 Å². The van der Waals surface area contributed by atoms with Crippen molar-refractivity contribution in [3.05, 3.63) is 57.4 Å². The molecule has 3 heterocycles. The lowest BCUT2D eigenvalue weighted by atomic mass is 10.3. The monoisotopic (exact) mass is 375 g/mol. The molecule has 0 unspecified atom stereocenters. The van der Waals surface area contributed by atoms with Crippen LogP contribution in [0.3, 0.4) is 0 Å². The van der Waals surface area contributed by atoms with Gasteiger partial charge in [-0.2, -0.15) is 0 Å². The molecule has 1 fully saturated rings. The van der Waals surface area contributed by atoms with Gasteiger partial charge < -0.3 is 4.90 Å². The van der Waals surface area contributed by atoms with Crippen LogP contribution in [0.4, 0.5) is 0 Å². The predicted octanol–water partition coefficient (Wildman–Crippen LogP) is 3.14. The topological polar surface area (TPSA) is 26.8 Å². The number of thiophene rings is 2. The van der Waals surface area contributed by atoms with E-state index in [1.807, 2.05) is 11.0 Å². The number of amides is 1. The fourth-order valence-corrected chi connectivity index (χ4v) is 4.55. The summed E-state index contributed by atoms with van der Waals surface area (Å²) in [5, 5.41) is 4.20. The molecule has 0 radical (unpaired) electrons. The number of hydrogen-bond acceptors (Lipinski definition) is 5. The standard InChI is InChI=1S/C19H25N3OS2/c1-2-7-21(15-18-6-4-13-25-18)16-19(23)22-10-8-20(9-11-22)14-17-5-3-12-24-17/h2-6,12-13H,1,7-11,14-16H2. The van der Waals surface area contributed by atoms with Crippen molar-refractivity contribution in [1.29, 1.82) is 0 Å². The van der Waals surface area contributed by atoms with E-state index >= 15 is 0 Å². The molecule has 0 N–H and O–H groups in total. The van der Waals surface area contributed by atoms with Crippen LogP contribution in [-0.2, 0) is 17.9 Å². The molecule has 25 heavy (non-hydrogen) atoms. The van der Waals surface area contributed by atoms with E-state index < -0.39 is 0 Å². The molecule has 134 valence electrons. The van der Waals surface area contributed by atoms with Crippen molar-refractivity contribution in [2.75, 3.05) is 39.3 Å². The van der Waals surface area contributed by atoms with Gasteiger partial charge in [-0.3, -0.25) is 14.6 Å². The molecule has 1 aliphatic heterocycles. The van der Waals surface area contributed by atoms with Crippen LogP contribution in [0.5, 0.6) is 0 Å². The lowest BCUT2D eigenvalue weighted by molar-refractivity contribution is -0.134. The Morgan fingerprint density at radius 3 is 2.40 bits per heavy atom. The molecule has 3 rings (SSSR count). The maximum Gasteiger partial charge on any atom is 0.236 e. The summed E-state index contributed by atoms with van der Waals surface area (Å²) in [4.78, 5) is 22.0. The first-order valence-corrected chi connectivity index (χ1v) is 10.4. The number of piperazine rings is 1. The Hall–Kier alpha value is -1.47. The minimum atomic E-state index is 0.231. The van der Waals surface area contributed by atoms with Crippen LogP contribution in [-0.4, -0.2) is 59.9 Å². The SMILES string of the molecule is C=CCN(CC(=O)N1CCN(Cc2cccs2)CC1)Cc1cccs1. The highest BCUT2D eigenvalue weighted by atomic mass is 32.1. The molecule has 1 aliphatic rings. The first-order valence-electron chi connectivity index (χ1n) is 8.63. The summed E-state index contributed by atoms with van der Waals surface area (Å²) >= 11 is 3.54. The van der Waals surface area contributed by atoms with Crippen molar-refractivity contribution in [1.82, 2.24) is 14.7 Å². The molecular formula is C19H25N3OS2. The summed E-state index contributed by atoms with van der Waals surface area (Å²) in [5.74, 6) is 0.231. The van der Waals surface area contributed by atoms with Gasteiger partial charge in [0.2, 0.25) is 5.91 Å². The fourth-order valence-electron chi connectivity index (χ4n) is 3.06. The van der Waals surface area contributed by atoms with E-state index in [1.165, 1.54) is 9.75 Å². The molecule has 1 saturated heterocycles. The van der Waals surface area contributed by atoms with Crippen LogP contribution in [0.2, 0.25) is 0 Å². The summed E-state index contributed by atoms with van der Waals surface area (Å²) < 4.78 is 0. The molecule has 2 aromatic heterocycles. The van der Waals surface area contributed by atoms with Crippen LogP contribution in [0.25, 0.3) is 0 Å². The zero-order valence-corrected chi connectivity index (χ0v) is 16.1. The molecule has 0 aromatic carbocycles. The second kappa shape index (κ2) is 9.29. The van der Waals surface area contributed by atoms with Crippen LogP contribution >= 0.6 is 22.7 Å². The minimum Gasteiger partial charge on any atom is -0.339 e. The van der Waals surface area contributed by atoms with Gasteiger partial charge in [-0.05, 0) is 22.9 Å². The van der Waals surface area contributed by atoms with Crippen LogP contribution in [0.1, 0.15) is 9.75 Å². The van der Waals surface area contributed by atoms with Crippen molar-refractivity contribution in [2.24, 2.45) is 0 Å². The second-order valence-electron chi connectivity index (χ2n) is 6.27. The Labute approximate surface area is 158 Å². The minimum absolute atomic E-state index is 0.231. The van der Waals surface area contributed by atoms with Gasteiger partial charge in [0.25, 0.3) is 0 Å². The van der Waals surface area contributed by atoms with E-state index in [1.54, 1.807) is 22.7 Å². The normalized spacial score (nSPS) is 15.6. The van der Waals surface area contributed by atoms with Gasteiger partial charge in [0.05, 0.1) is 6.54 Å². The molecule has 0 atom stereocenters. The number of nitrogens with zero attached hydrogens (tertiary/aromatic N) is 3. The molecule has 1 amide bonds. The highest BCUT2D eigenvalue weighted by Gasteiger charge is 2.22. The molecule has 0 saturated carbocycles. The summed E-state index contributed by atoms with van der Waals surface area (Å²) in [6.45, 7) is 10.4. The Kier molecular flexibility index (Phi) is 6.81. The maximum atomic E-state index is 12.7. The molecule has 0 bridgehead atoms. The van der Waals surface area contributed by atoms with E-state index in [2.05, 4.69) is 51.4 Å². The van der Waals surface area contributed by atoms with Crippen molar-refractivity contribution in [3.63, 3.8) is 0 Å². The van der Waals surface area contributed by atoms with Gasteiger partial charge >= 0.3 is 0 Å². The van der Waals surface area contributed by atoms with Crippen LogP contribution in [0, 0.1) is 0 Å². The van der Waals surface area contributed by atoms with E-state index in [0.717, 1.165) is 45.8 Å². The van der Waals surface area contributed by atoms with Gasteiger partial charge in [0, 0.05) is 55.6 Å². The Morgan fingerprint density at radius 2 is 1.80 bits per heavy atom. The summed E-state index contributed by atoms with van der Waals surface area (Å²) in [5.41, 5.74) is 0. The Morgan fingerprint density at radius 1 is 1.12 bits per heavy atom. The number of carbonyl (C=O) groups is 1. The second-order valence-corrected chi connectivity index (χ2v) is 8.34. The fraction of sp³-hybridized carbons (Fsp3) is 0.421. The first kappa shape index (κ1) is 18.3. The third kappa shape index (κ3) is 5.51. The third-order valence-electron chi connectivity index (χ3n) is 4.39. The predicted molar refractivity (Wildman–Crippen MR) is 106 cm³/mol. The first-order chi connectivity index (χ1) is 12.2. The maximum absolute atomic E-state index is 12.7. The van der Waals surface area contributed by atoms with Crippen molar-refractivity contribution < 1.29 is 4.79 Å². The number of carbonyl (C=O) groups excluding carboxylic acids is 1. The molecular weight excluding hydrogens is 350 g/mol. The lowest BCUT2D eigenvalue weighted by Gasteiger charge is -2.35. The zero-order chi connectivity index (χ0) is 17.5. The summed E-state index contributed by atoms with van der Waals surface area (Å²) in [7, 11) is 0. The Balaban J connectivity index is 1.46. The van der Waals surface area contributed by atoms with E-state index in [-0.39, 0.29) is 5.91 Å². The van der Waals surface area contributed by atoms with Gasteiger partial charge in [-0.15, -0.1) is 29.3 Å². The van der Waals surface area contributed by atoms with Crippen molar-refractivity contribution in [3.8, 4) is 0 Å². The van der Waals surface area contributed by atoms with Gasteiger partial charge in [-0.1, -0.05) is 18.2 Å². The van der Waals surface area contributed by atoms with Crippen LogP contribution < -0.4 is 0 Å².